The molecule has 0 heterocycles. The molecule has 7 nitrogen and oxygen atoms in total. The number of aryl methyl sites for hydroxylation is 1. The average molecular weight is 543 g/mol. The Morgan fingerprint density at radius 1 is 1.06 bits per heavy atom. The normalized spacial score (nSPS) is 12.3. The molecule has 0 aromatic heterocycles. The van der Waals surface area contributed by atoms with E-state index < -0.39 is 28.5 Å². The molecule has 2 aromatic carbocycles. The molecule has 192 valence electrons. The van der Waals surface area contributed by atoms with Crippen molar-refractivity contribution in [3.8, 4) is 0 Å². The molecule has 2 aromatic rings. The molecule has 0 fully saturated rings. The number of rotatable bonds is 11. The predicted octanol–water partition coefficient (Wildman–Crippen LogP) is 4.65. The summed E-state index contributed by atoms with van der Waals surface area (Å²) >= 11 is 12.7. The standard InChI is InChI=1S/C25H33Cl2N3O4S/c1-6-23(25(32)28-14-17(2)3)29(15-20-21(26)11-8-12-22(20)27)24(31)16-30(35(5,33)34)19-10-7-9-18(4)13-19/h7-13,17,23H,6,14-16H2,1-5H3,(H,28,32). The lowest BCUT2D eigenvalue weighted by atomic mass is 10.1. The average Bonchev–Trinajstić information content (AvgIpc) is 2.76. The maximum Gasteiger partial charge on any atom is 0.244 e. The van der Waals surface area contributed by atoms with E-state index in [2.05, 4.69) is 5.32 Å². The fourth-order valence-electron chi connectivity index (χ4n) is 3.59. The van der Waals surface area contributed by atoms with E-state index in [-0.39, 0.29) is 18.4 Å². The minimum Gasteiger partial charge on any atom is -0.354 e. The highest BCUT2D eigenvalue weighted by Crippen LogP contribution is 2.27. The van der Waals surface area contributed by atoms with Gasteiger partial charge in [0.05, 0.1) is 11.9 Å². The van der Waals surface area contributed by atoms with Crippen LogP contribution in [-0.4, -0.2) is 50.5 Å². The summed E-state index contributed by atoms with van der Waals surface area (Å²) in [5, 5.41) is 3.58. The van der Waals surface area contributed by atoms with Crippen LogP contribution in [0.2, 0.25) is 10.0 Å². The summed E-state index contributed by atoms with van der Waals surface area (Å²) in [7, 11) is -3.79. The molecule has 0 saturated heterocycles. The number of carbonyl (C=O) groups excluding carboxylic acids is 2. The van der Waals surface area contributed by atoms with E-state index in [0.717, 1.165) is 16.1 Å². The second-order valence-corrected chi connectivity index (χ2v) is 11.6. The number of anilines is 1. The summed E-state index contributed by atoms with van der Waals surface area (Å²) in [6.45, 7) is 7.50. The molecule has 0 aliphatic heterocycles. The number of amides is 2. The lowest BCUT2D eigenvalue weighted by Crippen LogP contribution is -2.52. The van der Waals surface area contributed by atoms with E-state index in [1.54, 1.807) is 43.3 Å². The number of hydrogen-bond donors (Lipinski definition) is 1. The van der Waals surface area contributed by atoms with Crippen LogP contribution in [0.3, 0.4) is 0 Å². The molecule has 0 radical (unpaired) electrons. The zero-order chi connectivity index (χ0) is 26.3. The van der Waals surface area contributed by atoms with Gasteiger partial charge in [-0.15, -0.1) is 0 Å². The van der Waals surface area contributed by atoms with Crippen LogP contribution in [-0.2, 0) is 26.2 Å². The molecule has 35 heavy (non-hydrogen) atoms. The van der Waals surface area contributed by atoms with E-state index in [0.29, 0.717) is 34.3 Å². The number of benzene rings is 2. The minimum atomic E-state index is -3.79. The van der Waals surface area contributed by atoms with Crippen LogP contribution in [0.4, 0.5) is 5.69 Å². The Bertz CT molecular complexity index is 1130. The van der Waals surface area contributed by atoms with Crippen LogP contribution < -0.4 is 9.62 Å². The second kappa shape index (κ2) is 12.6. The first-order valence-corrected chi connectivity index (χ1v) is 14.0. The van der Waals surface area contributed by atoms with Crippen LogP contribution in [0, 0.1) is 12.8 Å². The van der Waals surface area contributed by atoms with Gasteiger partial charge >= 0.3 is 0 Å². The summed E-state index contributed by atoms with van der Waals surface area (Å²) in [4.78, 5) is 28.1. The van der Waals surface area contributed by atoms with E-state index in [9.17, 15) is 18.0 Å². The zero-order valence-corrected chi connectivity index (χ0v) is 23.0. The fraction of sp³-hybridized carbons (Fsp3) is 0.440. The van der Waals surface area contributed by atoms with Gasteiger partial charge < -0.3 is 10.2 Å². The Morgan fingerprint density at radius 2 is 1.66 bits per heavy atom. The molecule has 10 heteroatoms. The smallest absolute Gasteiger partial charge is 0.244 e. The summed E-state index contributed by atoms with van der Waals surface area (Å²) in [5.74, 6) is -0.640. The van der Waals surface area contributed by atoms with Crippen molar-refractivity contribution in [2.75, 3.05) is 23.7 Å². The molecule has 0 aliphatic rings. The first-order chi connectivity index (χ1) is 16.3. The van der Waals surface area contributed by atoms with Crippen LogP contribution in [0.15, 0.2) is 42.5 Å². The fourth-order valence-corrected chi connectivity index (χ4v) is 4.95. The van der Waals surface area contributed by atoms with Crippen molar-refractivity contribution in [2.24, 2.45) is 5.92 Å². The highest BCUT2D eigenvalue weighted by molar-refractivity contribution is 7.92. The molecule has 1 unspecified atom stereocenters. The van der Waals surface area contributed by atoms with Crippen LogP contribution in [0.5, 0.6) is 0 Å². The Balaban J connectivity index is 2.48. The number of hydrogen-bond acceptors (Lipinski definition) is 4. The molecule has 0 spiro atoms. The monoisotopic (exact) mass is 541 g/mol. The number of sulfonamides is 1. The lowest BCUT2D eigenvalue weighted by Gasteiger charge is -2.33. The van der Waals surface area contributed by atoms with E-state index in [4.69, 9.17) is 23.2 Å². The van der Waals surface area contributed by atoms with Gasteiger partial charge in [0.15, 0.2) is 0 Å². The van der Waals surface area contributed by atoms with Crippen molar-refractivity contribution in [1.29, 1.82) is 0 Å². The van der Waals surface area contributed by atoms with Crippen LogP contribution >= 0.6 is 23.2 Å². The first kappa shape index (κ1) is 28.9. The summed E-state index contributed by atoms with van der Waals surface area (Å²) in [6, 6.07) is 11.0. The SMILES string of the molecule is CCC(C(=O)NCC(C)C)N(Cc1c(Cl)cccc1Cl)C(=O)CN(c1cccc(C)c1)S(C)(=O)=O. The van der Waals surface area contributed by atoms with Gasteiger partial charge in [-0.25, -0.2) is 8.42 Å². The Kier molecular flexibility index (Phi) is 10.4. The van der Waals surface area contributed by atoms with E-state index in [1.807, 2.05) is 26.8 Å². The summed E-state index contributed by atoms with van der Waals surface area (Å²) in [6.07, 6.45) is 1.37. The van der Waals surface area contributed by atoms with Crippen molar-refractivity contribution in [2.45, 2.75) is 46.7 Å². The Morgan fingerprint density at radius 3 is 2.17 bits per heavy atom. The van der Waals surface area contributed by atoms with Crippen LogP contribution in [0.1, 0.15) is 38.3 Å². The molecule has 0 bridgehead atoms. The minimum absolute atomic E-state index is 0.0453. The Hall–Kier alpha value is -2.29. The second-order valence-electron chi connectivity index (χ2n) is 8.89. The summed E-state index contributed by atoms with van der Waals surface area (Å²) in [5.41, 5.74) is 1.71. The third-order valence-electron chi connectivity index (χ3n) is 5.43. The molecule has 1 N–H and O–H groups in total. The summed E-state index contributed by atoms with van der Waals surface area (Å²) < 4.78 is 26.3. The zero-order valence-electron chi connectivity index (χ0n) is 20.7. The van der Waals surface area contributed by atoms with Gasteiger partial charge in [-0.1, -0.05) is 62.2 Å². The van der Waals surface area contributed by atoms with Gasteiger partial charge in [0.2, 0.25) is 21.8 Å². The molecule has 1 atom stereocenters. The van der Waals surface area contributed by atoms with Gasteiger partial charge in [-0.3, -0.25) is 13.9 Å². The highest BCUT2D eigenvalue weighted by atomic mass is 35.5. The van der Waals surface area contributed by atoms with Crippen molar-refractivity contribution in [1.82, 2.24) is 10.2 Å². The first-order valence-electron chi connectivity index (χ1n) is 11.4. The molecular formula is C25H33Cl2N3O4S. The molecule has 0 saturated carbocycles. The maximum absolute atomic E-state index is 13.7. The quantitative estimate of drug-likeness (QED) is 0.448. The van der Waals surface area contributed by atoms with Crippen molar-refractivity contribution in [3.05, 3.63) is 63.6 Å². The van der Waals surface area contributed by atoms with E-state index in [1.165, 1.54) is 4.90 Å². The lowest BCUT2D eigenvalue weighted by molar-refractivity contribution is -0.140. The number of nitrogens with one attached hydrogen (secondary N) is 1. The van der Waals surface area contributed by atoms with Gasteiger partial charge in [-0.2, -0.15) is 0 Å². The van der Waals surface area contributed by atoms with Crippen molar-refractivity contribution >= 4 is 50.7 Å². The largest absolute Gasteiger partial charge is 0.354 e. The Labute approximate surface area is 218 Å². The van der Waals surface area contributed by atoms with Gasteiger partial charge in [0, 0.05) is 28.7 Å². The maximum atomic E-state index is 13.7. The number of carbonyl (C=O) groups is 2. The van der Waals surface area contributed by atoms with Crippen LogP contribution in [0.25, 0.3) is 0 Å². The third kappa shape index (κ3) is 8.12. The molecule has 2 amide bonds. The van der Waals surface area contributed by atoms with Gasteiger partial charge in [0.25, 0.3) is 0 Å². The topological polar surface area (TPSA) is 86.8 Å². The van der Waals surface area contributed by atoms with Gasteiger partial charge in [-0.05, 0) is 49.1 Å². The highest BCUT2D eigenvalue weighted by Gasteiger charge is 2.32. The van der Waals surface area contributed by atoms with Crippen molar-refractivity contribution in [3.63, 3.8) is 0 Å². The molecule has 0 aliphatic carbocycles. The molecule has 2 rings (SSSR count). The van der Waals surface area contributed by atoms with E-state index >= 15 is 0 Å². The van der Waals surface area contributed by atoms with Gasteiger partial charge in [0.1, 0.15) is 12.6 Å². The predicted molar refractivity (Wildman–Crippen MR) is 142 cm³/mol. The molecular weight excluding hydrogens is 509 g/mol. The number of halogens is 2. The third-order valence-corrected chi connectivity index (χ3v) is 7.28. The number of nitrogens with zero attached hydrogens (tertiary/aromatic N) is 2. The van der Waals surface area contributed by atoms with Crippen molar-refractivity contribution < 1.29 is 18.0 Å².